The van der Waals surface area contributed by atoms with E-state index in [0.717, 1.165) is 4.57 Å². The summed E-state index contributed by atoms with van der Waals surface area (Å²) in [6.07, 6.45) is 1.29. The van der Waals surface area contributed by atoms with Crippen LogP contribution in [0.1, 0.15) is 23.6 Å². The molecule has 0 atom stereocenters. The molecule has 8 heteroatoms. The van der Waals surface area contributed by atoms with Gasteiger partial charge < -0.3 is 5.11 Å². The molecule has 0 unspecified atom stereocenters. The molecule has 1 aromatic heterocycles. The van der Waals surface area contributed by atoms with Gasteiger partial charge in [0, 0.05) is 24.9 Å². The van der Waals surface area contributed by atoms with Gasteiger partial charge in [-0.2, -0.15) is 5.26 Å². The highest BCUT2D eigenvalue weighted by Crippen LogP contribution is 2.23. The average molecular weight is 326 g/mol. The van der Waals surface area contributed by atoms with Crippen LogP contribution < -0.4 is 5.56 Å². The first-order valence-electron chi connectivity index (χ1n) is 7.05. The summed E-state index contributed by atoms with van der Waals surface area (Å²) >= 11 is 0. The summed E-state index contributed by atoms with van der Waals surface area (Å²) in [5, 5.41) is 30.2. The van der Waals surface area contributed by atoms with Crippen LogP contribution in [0, 0.1) is 28.4 Å². The Bertz CT molecular complexity index is 938. The van der Waals surface area contributed by atoms with Crippen LogP contribution in [-0.4, -0.2) is 20.8 Å². The molecule has 0 fully saturated rings. The van der Waals surface area contributed by atoms with Crippen molar-refractivity contribution in [1.82, 2.24) is 4.57 Å². The predicted molar refractivity (Wildman–Crippen MR) is 87.8 cm³/mol. The van der Waals surface area contributed by atoms with Gasteiger partial charge in [0.05, 0.1) is 16.2 Å². The number of hydrogen-bond acceptors (Lipinski definition) is 6. The molecule has 1 aromatic carbocycles. The van der Waals surface area contributed by atoms with E-state index < -0.39 is 10.5 Å². The number of aliphatic imine (C=N–C) groups is 1. The Kier molecular flexibility index (Phi) is 4.75. The maximum absolute atomic E-state index is 12.1. The van der Waals surface area contributed by atoms with Gasteiger partial charge >= 0.3 is 0 Å². The summed E-state index contributed by atoms with van der Waals surface area (Å²) < 4.78 is 1.07. The highest BCUT2D eigenvalue weighted by molar-refractivity contribution is 5.87. The van der Waals surface area contributed by atoms with Crippen molar-refractivity contribution in [3.63, 3.8) is 0 Å². The fourth-order valence-electron chi connectivity index (χ4n) is 2.24. The Balaban J connectivity index is 2.58. The molecule has 1 heterocycles. The van der Waals surface area contributed by atoms with Crippen LogP contribution in [-0.2, 0) is 6.54 Å². The van der Waals surface area contributed by atoms with Crippen molar-refractivity contribution in [2.45, 2.75) is 20.4 Å². The zero-order valence-electron chi connectivity index (χ0n) is 13.1. The number of benzene rings is 1. The quantitative estimate of drug-likeness (QED) is 0.525. The minimum absolute atomic E-state index is 0.0739. The Labute approximate surface area is 137 Å². The summed E-state index contributed by atoms with van der Waals surface area (Å²) in [7, 11) is 0. The van der Waals surface area contributed by atoms with E-state index in [1.807, 2.05) is 6.07 Å². The minimum atomic E-state index is -0.567. The van der Waals surface area contributed by atoms with Crippen molar-refractivity contribution in [2.75, 3.05) is 0 Å². The summed E-state index contributed by atoms with van der Waals surface area (Å²) in [6, 6.07) is 7.51. The van der Waals surface area contributed by atoms with Gasteiger partial charge in [-0.3, -0.25) is 24.5 Å². The maximum atomic E-state index is 12.1. The third-order valence-electron chi connectivity index (χ3n) is 3.55. The third kappa shape index (κ3) is 3.01. The van der Waals surface area contributed by atoms with Gasteiger partial charge in [-0.05, 0) is 25.5 Å². The molecule has 122 valence electrons. The lowest BCUT2D eigenvalue weighted by Gasteiger charge is -2.11. The fourth-order valence-corrected chi connectivity index (χ4v) is 2.24. The second kappa shape index (κ2) is 6.75. The molecule has 0 saturated carbocycles. The van der Waals surface area contributed by atoms with Crippen LogP contribution in [0.15, 0.2) is 34.1 Å². The molecule has 2 aromatic rings. The van der Waals surface area contributed by atoms with Crippen LogP contribution in [0.3, 0.4) is 0 Å². The minimum Gasteiger partial charge on any atom is -0.494 e. The normalized spacial score (nSPS) is 10.7. The van der Waals surface area contributed by atoms with E-state index in [2.05, 4.69) is 4.99 Å². The molecule has 0 amide bonds. The van der Waals surface area contributed by atoms with Gasteiger partial charge in [0.2, 0.25) is 5.88 Å². The number of nitro groups is 1. The van der Waals surface area contributed by atoms with E-state index in [4.69, 9.17) is 5.26 Å². The van der Waals surface area contributed by atoms with Gasteiger partial charge in [-0.1, -0.05) is 6.07 Å². The van der Waals surface area contributed by atoms with Crippen LogP contribution >= 0.6 is 0 Å². The largest absolute Gasteiger partial charge is 0.494 e. The Morgan fingerprint density at radius 2 is 2.21 bits per heavy atom. The number of aromatic hydroxyl groups is 1. The molecule has 0 aliphatic carbocycles. The predicted octanol–water partition coefficient (Wildman–Crippen LogP) is 2.41. The van der Waals surface area contributed by atoms with E-state index in [1.54, 1.807) is 13.0 Å². The van der Waals surface area contributed by atoms with Crippen molar-refractivity contribution < 1.29 is 10.0 Å². The van der Waals surface area contributed by atoms with Gasteiger partial charge in [0.25, 0.3) is 11.2 Å². The first-order valence-corrected chi connectivity index (χ1v) is 7.05. The van der Waals surface area contributed by atoms with Crippen molar-refractivity contribution >= 4 is 17.6 Å². The lowest BCUT2D eigenvalue weighted by molar-refractivity contribution is -0.384. The molecule has 0 radical (unpaired) electrons. The molecule has 0 aliphatic rings. The second-order valence-corrected chi connectivity index (χ2v) is 4.93. The fraction of sp³-hybridized carbons (Fsp3) is 0.188. The molecule has 0 spiro atoms. The highest BCUT2D eigenvalue weighted by atomic mass is 16.6. The average Bonchev–Trinajstić information content (AvgIpc) is 2.55. The summed E-state index contributed by atoms with van der Waals surface area (Å²) in [6.45, 7) is 3.39. The Morgan fingerprint density at radius 1 is 1.50 bits per heavy atom. The number of nitro benzene ring substituents is 1. The van der Waals surface area contributed by atoms with E-state index >= 15 is 0 Å². The standard InChI is InChI=1S/C16H14N4O4/c1-3-19-15(21)13(8-17)10(2)14(16(19)22)9-18-11-5-4-6-12(7-11)20(23)24/h4-7,9,22H,3H2,1-2H3. The molecule has 0 bridgehead atoms. The summed E-state index contributed by atoms with van der Waals surface area (Å²) in [4.78, 5) is 26.4. The number of rotatable bonds is 4. The topological polar surface area (TPSA) is 122 Å². The first-order chi connectivity index (χ1) is 11.4. The van der Waals surface area contributed by atoms with Crippen molar-refractivity contribution in [2.24, 2.45) is 4.99 Å². The third-order valence-corrected chi connectivity index (χ3v) is 3.55. The number of nitrogens with zero attached hydrogens (tertiary/aromatic N) is 4. The number of aromatic nitrogens is 1. The van der Waals surface area contributed by atoms with Crippen LogP contribution in [0.5, 0.6) is 5.88 Å². The first kappa shape index (κ1) is 16.9. The monoisotopic (exact) mass is 326 g/mol. The summed E-state index contributed by atoms with van der Waals surface area (Å²) in [5.41, 5.74) is 0.0913. The van der Waals surface area contributed by atoms with Crippen molar-refractivity contribution in [3.8, 4) is 11.9 Å². The van der Waals surface area contributed by atoms with E-state index in [1.165, 1.54) is 31.3 Å². The van der Waals surface area contributed by atoms with Crippen LogP contribution in [0.2, 0.25) is 0 Å². The van der Waals surface area contributed by atoms with Crippen molar-refractivity contribution in [1.29, 1.82) is 5.26 Å². The second-order valence-electron chi connectivity index (χ2n) is 4.93. The van der Waals surface area contributed by atoms with Gasteiger partial charge in [0.15, 0.2) is 0 Å². The van der Waals surface area contributed by atoms with E-state index in [-0.39, 0.29) is 29.2 Å². The molecule has 8 nitrogen and oxygen atoms in total. The lowest BCUT2D eigenvalue weighted by Crippen LogP contribution is -2.24. The number of nitriles is 1. The zero-order valence-corrected chi connectivity index (χ0v) is 13.1. The number of hydrogen-bond donors (Lipinski definition) is 1. The van der Waals surface area contributed by atoms with Gasteiger partial charge in [0.1, 0.15) is 11.6 Å². The summed E-state index contributed by atoms with van der Waals surface area (Å²) in [5.74, 6) is -0.298. The smallest absolute Gasteiger partial charge is 0.271 e. The molecular formula is C16H14N4O4. The zero-order chi connectivity index (χ0) is 17.9. The SMILES string of the molecule is CCn1c(O)c(C=Nc2cccc([N+](=O)[O-])c2)c(C)c(C#N)c1=O. The maximum Gasteiger partial charge on any atom is 0.271 e. The molecule has 2 rings (SSSR count). The lowest BCUT2D eigenvalue weighted by atomic mass is 10.1. The molecular weight excluding hydrogens is 312 g/mol. The van der Waals surface area contributed by atoms with Gasteiger partial charge in [-0.15, -0.1) is 0 Å². The molecule has 0 saturated heterocycles. The Hall–Kier alpha value is -3.47. The number of non-ortho nitro benzene ring substituents is 1. The highest BCUT2D eigenvalue weighted by Gasteiger charge is 2.17. The number of pyridine rings is 1. The van der Waals surface area contributed by atoms with E-state index in [9.17, 15) is 20.0 Å². The van der Waals surface area contributed by atoms with E-state index in [0.29, 0.717) is 11.3 Å². The van der Waals surface area contributed by atoms with Crippen molar-refractivity contribution in [3.05, 3.63) is 61.4 Å². The van der Waals surface area contributed by atoms with Crippen LogP contribution in [0.25, 0.3) is 0 Å². The molecule has 0 aliphatic heterocycles. The Morgan fingerprint density at radius 3 is 2.79 bits per heavy atom. The van der Waals surface area contributed by atoms with Gasteiger partial charge in [-0.25, -0.2) is 0 Å². The van der Waals surface area contributed by atoms with Crippen LogP contribution in [0.4, 0.5) is 11.4 Å². The molecule has 1 N–H and O–H groups in total. The molecule has 24 heavy (non-hydrogen) atoms.